The molecule has 1 aliphatic heterocycles. The molecule has 1 saturated heterocycles. The Morgan fingerprint density at radius 2 is 1.96 bits per heavy atom. The van der Waals surface area contributed by atoms with Crippen molar-refractivity contribution in [3.63, 3.8) is 0 Å². The highest BCUT2D eigenvalue weighted by Crippen LogP contribution is 2.27. The van der Waals surface area contributed by atoms with Crippen LogP contribution in [-0.4, -0.2) is 30.9 Å². The molecular formula is C20H19ClN2O4. The van der Waals surface area contributed by atoms with Crippen LogP contribution >= 0.6 is 11.6 Å². The van der Waals surface area contributed by atoms with Gasteiger partial charge in [0.25, 0.3) is 5.91 Å². The maximum absolute atomic E-state index is 12.2. The van der Waals surface area contributed by atoms with Gasteiger partial charge in [0, 0.05) is 29.4 Å². The Morgan fingerprint density at radius 3 is 2.67 bits per heavy atom. The molecule has 1 N–H and O–H groups in total. The van der Waals surface area contributed by atoms with Crippen molar-refractivity contribution in [2.24, 2.45) is 5.92 Å². The van der Waals surface area contributed by atoms with E-state index in [1.165, 1.54) is 4.90 Å². The Balaban J connectivity index is 1.52. The molecule has 27 heavy (non-hydrogen) atoms. The van der Waals surface area contributed by atoms with Gasteiger partial charge in [-0.25, -0.2) is 0 Å². The molecule has 0 aromatic heterocycles. The molecule has 2 aromatic rings. The number of carbonyl (C=O) groups excluding carboxylic acids is 3. The van der Waals surface area contributed by atoms with Crippen molar-refractivity contribution in [2.45, 2.75) is 13.3 Å². The maximum atomic E-state index is 12.2. The van der Waals surface area contributed by atoms with E-state index in [0.29, 0.717) is 16.4 Å². The van der Waals surface area contributed by atoms with Crippen LogP contribution < -0.4 is 10.2 Å². The summed E-state index contributed by atoms with van der Waals surface area (Å²) in [7, 11) is 0. The molecule has 7 heteroatoms. The third kappa shape index (κ3) is 4.86. The first kappa shape index (κ1) is 18.9. The molecule has 6 nitrogen and oxygen atoms in total. The number of nitrogens with zero attached hydrogens (tertiary/aromatic N) is 1. The molecule has 0 unspecified atom stereocenters. The number of rotatable bonds is 5. The van der Waals surface area contributed by atoms with E-state index in [1.807, 2.05) is 25.1 Å². The number of ether oxygens (including phenoxy) is 1. The number of esters is 1. The number of hydrogen-bond donors (Lipinski definition) is 1. The van der Waals surface area contributed by atoms with E-state index in [0.717, 1.165) is 5.56 Å². The molecule has 0 aliphatic carbocycles. The highest BCUT2D eigenvalue weighted by molar-refractivity contribution is 6.30. The molecule has 0 radical (unpaired) electrons. The van der Waals surface area contributed by atoms with E-state index >= 15 is 0 Å². The number of benzene rings is 2. The largest absolute Gasteiger partial charge is 0.455 e. The second-order valence-corrected chi connectivity index (χ2v) is 6.84. The van der Waals surface area contributed by atoms with Crippen molar-refractivity contribution in [3.8, 4) is 0 Å². The van der Waals surface area contributed by atoms with Crippen molar-refractivity contribution < 1.29 is 19.1 Å². The van der Waals surface area contributed by atoms with E-state index in [9.17, 15) is 14.4 Å². The predicted molar refractivity (Wildman–Crippen MR) is 103 cm³/mol. The first-order valence-electron chi connectivity index (χ1n) is 8.51. The monoisotopic (exact) mass is 386 g/mol. The summed E-state index contributed by atoms with van der Waals surface area (Å²) in [4.78, 5) is 37.9. The number of aryl methyl sites for hydroxylation is 1. The lowest BCUT2D eigenvalue weighted by Gasteiger charge is -2.16. The van der Waals surface area contributed by atoms with E-state index in [4.69, 9.17) is 16.3 Å². The first-order valence-corrected chi connectivity index (χ1v) is 8.89. The summed E-state index contributed by atoms with van der Waals surface area (Å²) < 4.78 is 5.09. The van der Waals surface area contributed by atoms with E-state index in [1.54, 1.807) is 30.3 Å². The normalized spacial score (nSPS) is 16.3. The van der Waals surface area contributed by atoms with Gasteiger partial charge >= 0.3 is 5.97 Å². The fourth-order valence-corrected chi connectivity index (χ4v) is 3.04. The van der Waals surface area contributed by atoms with Crippen molar-refractivity contribution in [2.75, 3.05) is 23.4 Å². The maximum Gasteiger partial charge on any atom is 0.311 e. The summed E-state index contributed by atoms with van der Waals surface area (Å²) in [6, 6.07) is 14.1. The molecule has 1 heterocycles. The summed E-state index contributed by atoms with van der Waals surface area (Å²) in [5, 5.41) is 3.24. The Labute approximate surface area is 162 Å². The highest BCUT2D eigenvalue weighted by Gasteiger charge is 2.36. The van der Waals surface area contributed by atoms with Crippen LogP contribution in [0.2, 0.25) is 5.02 Å². The van der Waals surface area contributed by atoms with E-state index < -0.39 is 24.4 Å². The fourth-order valence-electron chi connectivity index (χ4n) is 2.91. The van der Waals surface area contributed by atoms with Crippen molar-refractivity contribution in [1.29, 1.82) is 0 Å². The third-order valence-electron chi connectivity index (χ3n) is 4.24. The molecular weight excluding hydrogens is 368 g/mol. The Kier molecular flexibility index (Phi) is 5.76. The SMILES string of the molecule is Cc1cccc(NC(=O)COC(=O)[C@H]2CC(=O)N(c3ccc(Cl)cc3)C2)c1. The lowest BCUT2D eigenvalue weighted by atomic mass is 10.1. The van der Waals surface area contributed by atoms with Gasteiger partial charge in [-0.2, -0.15) is 0 Å². The van der Waals surface area contributed by atoms with Gasteiger partial charge in [-0.1, -0.05) is 23.7 Å². The lowest BCUT2D eigenvalue weighted by molar-refractivity contribution is -0.151. The summed E-state index contributed by atoms with van der Waals surface area (Å²) in [5.74, 6) is -1.74. The lowest BCUT2D eigenvalue weighted by Crippen LogP contribution is -2.28. The van der Waals surface area contributed by atoms with Crippen LogP contribution in [0.15, 0.2) is 48.5 Å². The molecule has 2 amide bonds. The zero-order valence-electron chi connectivity index (χ0n) is 14.8. The zero-order valence-corrected chi connectivity index (χ0v) is 15.5. The van der Waals surface area contributed by atoms with Crippen LogP contribution in [0.4, 0.5) is 11.4 Å². The summed E-state index contributed by atoms with van der Waals surface area (Å²) in [6.07, 6.45) is 0.0565. The second kappa shape index (κ2) is 8.22. The highest BCUT2D eigenvalue weighted by atomic mass is 35.5. The minimum atomic E-state index is -0.597. The first-order chi connectivity index (χ1) is 12.9. The molecule has 0 bridgehead atoms. The number of nitrogens with one attached hydrogen (secondary N) is 1. The summed E-state index contributed by atoms with van der Waals surface area (Å²) in [6.45, 7) is 1.75. The van der Waals surface area contributed by atoms with Crippen molar-refractivity contribution >= 4 is 40.8 Å². The molecule has 1 aliphatic rings. The molecule has 0 saturated carbocycles. The topological polar surface area (TPSA) is 75.7 Å². The average Bonchev–Trinajstić information content (AvgIpc) is 3.02. The Bertz CT molecular complexity index is 867. The zero-order chi connectivity index (χ0) is 19.4. The second-order valence-electron chi connectivity index (χ2n) is 6.41. The number of amides is 2. The van der Waals surface area contributed by atoms with Gasteiger partial charge < -0.3 is 15.0 Å². The average molecular weight is 387 g/mol. The predicted octanol–water partition coefficient (Wildman–Crippen LogP) is 3.18. The van der Waals surface area contributed by atoms with E-state index in [2.05, 4.69) is 5.32 Å². The van der Waals surface area contributed by atoms with Crippen LogP contribution in [0.25, 0.3) is 0 Å². The number of hydrogen-bond acceptors (Lipinski definition) is 4. The minimum Gasteiger partial charge on any atom is -0.455 e. The van der Waals surface area contributed by atoms with Crippen LogP contribution in [0.3, 0.4) is 0 Å². The molecule has 1 fully saturated rings. The molecule has 3 rings (SSSR count). The van der Waals surface area contributed by atoms with Crippen LogP contribution in [0, 0.1) is 12.8 Å². The summed E-state index contributed by atoms with van der Waals surface area (Å²) >= 11 is 5.86. The van der Waals surface area contributed by atoms with Gasteiger partial charge in [-0.3, -0.25) is 14.4 Å². The quantitative estimate of drug-likeness (QED) is 0.801. The Morgan fingerprint density at radius 1 is 1.22 bits per heavy atom. The standard InChI is InChI=1S/C20H19ClN2O4/c1-13-3-2-4-16(9-13)22-18(24)12-27-20(26)14-10-19(25)23(11-14)17-7-5-15(21)6-8-17/h2-9,14H,10-12H2,1H3,(H,22,24)/t14-/m0/s1. The minimum absolute atomic E-state index is 0.0565. The molecule has 2 aromatic carbocycles. The van der Waals surface area contributed by atoms with Gasteiger partial charge in [0.2, 0.25) is 5.91 Å². The molecule has 1 atom stereocenters. The van der Waals surface area contributed by atoms with Crippen molar-refractivity contribution in [3.05, 3.63) is 59.1 Å². The summed E-state index contributed by atoms with van der Waals surface area (Å²) in [5.41, 5.74) is 2.33. The fraction of sp³-hybridized carbons (Fsp3) is 0.250. The molecule has 0 spiro atoms. The van der Waals surface area contributed by atoms with Gasteiger partial charge in [-0.05, 0) is 48.9 Å². The smallest absolute Gasteiger partial charge is 0.311 e. The van der Waals surface area contributed by atoms with Gasteiger partial charge in [0.15, 0.2) is 6.61 Å². The third-order valence-corrected chi connectivity index (χ3v) is 4.50. The van der Waals surface area contributed by atoms with Gasteiger partial charge in [0.1, 0.15) is 0 Å². The van der Waals surface area contributed by atoms with Gasteiger partial charge in [-0.15, -0.1) is 0 Å². The number of carbonyl (C=O) groups is 3. The van der Waals surface area contributed by atoms with Crippen LogP contribution in [0.1, 0.15) is 12.0 Å². The van der Waals surface area contributed by atoms with Gasteiger partial charge in [0.05, 0.1) is 5.92 Å². The van der Waals surface area contributed by atoms with Crippen LogP contribution in [-0.2, 0) is 19.1 Å². The number of anilines is 2. The van der Waals surface area contributed by atoms with Crippen molar-refractivity contribution in [1.82, 2.24) is 0 Å². The van der Waals surface area contributed by atoms with E-state index in [-0.39, 0.29) is 18.9 Å². The number of halogens is 1. The Hall–Kier alpha value is -2.86. The molecule has 140 valence electrons. The van der Waals surface area contributed by atoms with Crippen LogP contribution in [0.5, 0.6) is 0 Å².